The van der Waals surface area contributed by atoms with E-state index in [2.05, 4.69) is 5.10 Å². The van der Waals surface area contributed by atoms with Gasteiger partial charge >= 0.3 is 5.97 Å². The van der Waals surface area contributed by atoms with Crippen molar-refractivity contribution >= 4 is 5.97 Å². The molecule has 0 fully saturated rings. The molecule has 88 valence electrons. The van der Waals surface area contributed by atoms with E-state index >= 15 is 0 Å². The first-order valence-electron chi connectivity index (χ1n) is 5.18. The monoisotopic (exact) mass is 234 g/mol. The minimum absolute atomic E-state index is 0.0221. The molecular formula is C12H11FN2O2. The summed E-state index contributed by atoms with van der Waals surface area (Å²) >= 11 is 0. The number of halogens is 1. The van der Waals surface area contributed by atoms with Crippen LogP contribution in [0, 0.1) is 5.82 Å². The fraction of sp³-hybridized carbons (Fsp3) is 0.167. The number of hydrogen-bond donors (Lipinski definition) is 1. The molecule has 4 nitrogen and oxygen atoms in total. The summed E-state index contributed by atoms with van der Waals surface area (Å²) in [6.45, 7) is 0. The minimum atomic E-state index is -0.870. The van der Waals surface area contributed by atoms with Crippen LogP contribution in [0.3, 0.4) is 0 Å². The second-order valence-corrected chi connectivity index (χ2v) is 3.60. The van der Waals surface area contributed by atoms with Gasteiger partial charge in [-0.3, -0.25) is 4.79 Å². The van der Waals surface area contributed by atoms with Gasteiger partial charge in [0.05, 0.1) is 12.1 Å². The molecule has 0 saturated heterocycles. The van der Waals surface area contributed by atoms with Gasteiger partial charge in [0.2, 0.25) is 0 Å². The maximum atomic E-state index is 13.4. The van der Waals surface area contributed by atoms with Gasteiger partial charge in [0.25, 0.3) is 0 Å². The molecule has 0 aliphatic heterocycles. The van der Waals surface area contributed by atoms with Gasteiger partial charge in [-0.2, -0.15) is 5.10 Å². The Morgan fingerprint density at radius 3 is 2.82 bits per heavy atom. The van der Waals surface area contributed by atoms with Gasteiger partial charge in [0.15, 0.2) is 0 Å². The Labute approximate surface area is 97.3 Å². The van der Waals surface area contributed by atoms with E-state index in [9.17, 15) is 9.18 Å². The molecular weight excluding hydrogens is 223 g/mol. The van der Waals surface area contributed by atoms with Crippen LogP contribution in [0.4, 0.5) is 4.39 Å². The molecule has 17 heavy (non-hydrogen) atoms. The zero-order chi connectivity index (χ0) is 12.3. The standard InChI is InChI=1S/C12H11FN2O2/c13-10-3-1-2-4-11(10)15-8-7-9(14-15)5-6-12(16)17/h1-4,7-8H,5-6H2,(H,16,17). The number of rotatable bonds is 4. The van der Waals surface area contributed by atoms with Crippen LogP contribution < -0.4 is 0 Å². The first-order chi connectivity index (χ1) is 8.16. The predicted octanol–water partition coefficient (Wildman–Crippen LogP) is 2.03. The van der Waals surface area contributed by atoms with Crippen molar-refractivity contribution in [2.75, 3.05) is 0 Å². The van der Waals surface area contributed by atoms with E-state index in [4.69, 9.17) is 5.11 Å². The Hall–Kier alpha value is -2.17. The van der Waals surface area contributed by atoms with Crippen molar-refractivity contribution in [3.63, 3.8) is 0 Å². The molecule has 5 heteroatoms. The van der Waals surface area contributed by atoms with Gasteiger partial charge in [-0.25, -0.2) is 9.07 Å². The number of aryl methyl sites for hydroxylation is 1. The van der Waals surface area contributed by atoms with Crippen molar-refractivity contribution < 1.29 is 14.3 Å². The third kappa shape index (κ3) is 2.69. The van der Waals surface area contributed by atoms with Gasteiger partial charge in [0.1, 0.15) is 11.5 Å². The Balaban J connectivity index is 2.18. The molecule has 1 aromatic carbocycles. The van der Waals surface area contributed by atoms with Gasteiger partial charge in [-0.15, -0.1) is 0 Å². The van der Waals surface area contributed by atoms with E-state index in [0.29, 0.717) is 17.8 Å². The molecule has 2 rings (SSSR count). The highest BCUT2D eigenvalue weighted by Gasteiger charge is 2.06. The second-order valence-electron chi connectivity index (χ2n) is 3.60. The van der Waals surface area contributed by atoms with Gasteiger partial charge in [-0.05, 0) is 18.2 Å². The van der Waals surface area contributed by atoms with Crippen LogP contribution in [0.25, 0.3) is 5.69 Å². The van der Waals surface area contributed by atoms with E-state index in [1.165, 1.54) is 10.7 Å². The smallest absolute Gasteiger partial charge is 0.303 e. The van der Waals surface area contributed by atoms with Crippen LogP contribution >= 0.6 is 0 Å². The molecule has 0 aliphatic carbocycles. The first-order valence-corrected chi connectivity index (χ1v) is 5.18. The highest BCUT2D eigenvalue weighted by molar-refractivity contribution is 5.66. The normalized spacial score (nSPS) is 10.4. The lowest BCUT2D eigenvalue weighted by Gasteiger charge is -2.01. The summed E-state index contributed by atoms with van der Waals surface area (Å²) in [5.74, 6) is -1.23. The highest BCUT2D eigenvalue weighted by atomic mass is 19.1. The second kappa shape index (κ2) is 4.78. The maximum Gasteiger partial charge on any atom is 0.303 e. The van der Waals surface area contributed by atoms with Gasteiger partial charge < -0.3 is 5.11 Å². The third-order valence-electron chi connectivity index (χ3n) is 2.34. The van der Waals surface area contributed by atoms with Crippen LogP contribution in [0.2, 0.25) is 0 Å². The van der Waals surface area contributed by atoms with Crippen LogP contribution in [0.15, 0.2) is 36.5 Å². The molecule has 0 atom stereocenters. The van der Waals surface area contributed by atoms with E-state index < -0.39 is 5.97 Å². The molecule has 0 spiro atoms. The van der Waals surface area contributed by atoms with Gasteiger partial charge in [0, 0.05) is 12.6 Å². The molecule has 1 N–H and O–H groups in total. The van der Waals surface area contributed by atoms with Crippen molar-refractivity contribution in [2.45, 2.75) is 12.8 Å². The minimum Gasteiger partial charge on any atom is -0.481 e. The molecule has 0 saturated carbocycles. The van der Waals surface area contributed by atoms with Crippen molar-refractivity contribution in [3.05, 3.63) is 48.0 Å². The zero-order valence-electron chi connectivity index (χ0n) is 9.01. The van der Waals surface area contributed by atoms with Crippen molar-refractivity contribution in [3.8, 4) is 5.69 Å². The molecule has 0 amide bonds. The highest BCUT2D eigenvalue weighted by Crippen LogP contribution is 2.12. The van der Waals surface area contributed by atoms with Crippen molar-refractivity contribution in [1.82, 2.24) is 9.78 Å². The first kappa shape index (κ1) is 11.3. The lowest BCUT2D eigenvalue weighted by molar-refractivity contribution is -0.136. The number of nitrogens with zero attached hydrogens (tertiary/aromatic N) is 2. The topological polar surface area (TPSA) is 55.1 Å². The SMILES string of the molecule is O=C(O)CCc1ccn(-c2ccccc2F)n1. The fourth-order valence-electron chi connectivity index (χ4n) is 1.50. The average molecular weight is 234 g/mol. The third-order valence-corrected chi connectivity index (χ3v) is 2.34. The van der Waals surface area contributed by atoms with Crippen LogP contribution in [0.1, 0.15) is 12.1 Å². The number of benzene rings is 1. The molecule has 2 aromatic rings. The number of carbonyl (C=O) groups is 1. The summed E-state index contributed by atoms with van der Waals surface area (Å²) < 4.78 is 14.9. The predicted molar refractivity (Wildman–Crippen MR) is 59.5 cm³/mol. The summed E-state index contributed by atoms with van der Waals surface area (Å²) in [4.78, 5) is 10.4. The molecule has 0 radical (unpaired) electrons. The number of hydrogen-bond acceptors (Lipinski definition) is 2. The lowest BCUT2D eigenvalue weighted by Crippen LogP contribution is -2.01. The number of aliphatic carboxylic acids is 1. The molecule has 1 heterocycles. The maximum absolute atomic E-state index is 13.4. The summed E-state index contributed by atoms with van der Waals surface area (Å²) in [5, 5.41) is 12.7. The number of para-hydroxylation sites is 1. The zero-order valence-corrected chi connectivity index (χ0v) is 9.01. The Morgan fingerprint density at radius 1 is 1.35 bits per heavy atom. The largest absolute Gasteiger partial charge is 0.481 e. The van der Waals surface area contributed by atoms with Crippen LogP contribution in [-0.4, -0.2) is 20.9 Å². The average Bonchev–Trinajstić information content (AvgIpc) is 2.75. The summed E-state index contributed by atoms with van der Waals surface area (Å²) in [7, 11) is 0. The van der Waals surface area contributed by atoms with E-state index in [0.717, 1.165) is 0 Å². The van der Waals surface area contributed by atoms with Crippen molar-refractivity contribution in [1.29, 1.82) is 0 Å². The summed E-state index contributed by atoms with van der Waals surface area (Å²) in [5.41, 5.74) is 0.990. The van der Waals surface area contributed by atoms with Crippen LogP contribution in [-0.2, 0) is 11.2 Å². The molecule has 1 aromatic heterocycles. The van der Waals surface area contributed by atoms with E-state index in [1.54, 1.807) is 30.5 Å². The van der Waals surface area contributed by atoms with E-state index in [-0.39, 0.29) is 12.2 Å². The number of aromatic nitrogens is 2. The van der Waals surface area contributed by atoms with Gasteiger partial charge in [-0.1, -0.05) is 12.1 Å². The Bertz CT molecular complexity index is 537. The summed E-state index contributed by atoms with van der Waals surface area (Å²) in [6.07, 6.45) is 1.99. The Morgan fingerprint density at radius 2 is 2.12 bits per heavy atom. The van der Waals surface area contributed by atoms with Crippen molar-refractivity contribution in [2.24, 2.45) is 0 Å². The lowest BCUT2D eigenvalue weighted by atomic mass is 10.2. The summed E-state index contributed by atoms with van der Waals surface area (Å²) in [6, 6.07) is 7.98. The number of carboxylic acid groups (broad SMARTS) is 1. The fourth-order valence-corrected chi connectivity index (χ4v) is 1.50. The Kier molecular flexibility index (Phi) is 3.18. The molecule has 0 bridgehead atoms. The van der Waals surface area contributed by atoms with Crippen LogP contribution in [0.5, 0.6) is 0 Å². The molecule has 0 aliphatic rings. The number of carboxylic acids is 1. The molecule has 0 unspecified atom stereocenters. The quantitative estimate of drug-likeness (QED) is 0.880. The van der Waals surface area contributed by atoms with E-state index in [1.807, 2.05) is 0 Å².